The van der Waals surface area contributed by atoms with Gasteiger partial charge in [0.15, 0.2) is 5.78 Å². The fourth-order valence-electron chi connectivity index (χ4n) is 2.94. The molecule has 102 valence electrons. The van der Waals surface area contributed by atoms with Crippen molar-refractivity contribution < 1.29 is 9.53 Å². The fraction of sp³-hybridized carbons (Fsp3) is 0.471. The number of hydrogen-bond donors (Lipinski definition) is 0. The summed E-state index contributed by atoms with van der Waals surface area (Å²) in [4.78, 5) is 12.2. The largest absolute Gasteiger partial charge is 0.500 e. The highest BCUT2D eigenvalue weighted by molar-refractivity contribution is 6.24. The first-order valence-electron chi connectivity index (χ1n) is 7.05. The Morgan fingerprint density at radius 3 is 2.16 bits per heavy atom. The highest BCUT2D eigenvalue weighted by atomic mass is 16.5. The summed E-state index contributed by atoms with van der Waals surface area (Å²) >= 11 is 0. The van der Waals surface area contributed by atoms with E-state index in [1.807, 2.05) is 0 Å². The Hall–Kier alpha value is -1.57. The summed E-state index contributed by atoms with van der Waals surface area (Å²) in [5.74, 6) is 1.09. The van der Waals surface area contributed by atoms with Gasteiger partial charge in [0.05, 0.1) is 12.7 Å². The summed E-state index contributed by atoms with van der Waals surface area (Å²) in [6.45, 7) is 6.40. The van der Waals surface area contributed by atoms with Crippen LogP contribution in [0.3, 0.4) is 0 Å². The summed E-state index contributed by atoms with van der Waals surface area (Å²) < 4.78 is 5.44. The Morgan fingerprint density at radius 1 is 1.11 bits per heavy atom. The topological polar surface area (TPSA) is 26.3 Å². The fourth-order valence-corrected chi connectivity index (χ4v) is 2.94. The molecule has 0 saturated carbocycles. The quantitative estimate of drug-likeness (QED) is 0.820. The van der Waals surface area contributed by atoms with Crippen molar-refractivity contribution in [2.24, 2.45) is 0 Å². The molecule has 1 aliphatic carbocycles. The van der Waals surface area contributed by atoms with Gasteiger partial charge in [-0.15, -0.1) is 0 Å². The number of Topliss-reactive ketones (excluding diaryl/α,β-unsaturated/α-hetero) is 1. The van der Waals surface area contributed by atoms with Gasteiger partial charge in [-0.1, -0.05) is 31.5 Å². The van der Waals surface area contributed by atoms with Gasteiger partial charge in [0, 0.05) is 12.8 Å². The van der Waals surface area contributed by atoms with Gasteiger partial charge in [0.1, 0.15) is 5.76 Å². The van der Waals surface area contributed by atoms with Crippen LogP contribution in [-0.4, -0.2) is 12.9 Å². The zero-order chi connectivity index (χ0) is 14.0. The number of ether oxygens (including phenoxy) is 1. The number of carbonyl (C=O) groups excluding carboxylic acids is 1. The van der Waals surface area contributed by atoms with Crippen molar-refractivity contribution in [3.05, 3.63) is 40.1 Å². The molecule has 0 amide bonds. The lowest BCUT2D eigenvalue weighted by atomic mass is 9.89. The van der Waals surface area contributed by atoms with Crippen LogP contribution in [0.2, 0.25) is 0 Å². The van der Waals surface area contributed by atoms with Gasteiger partial charge in [-0.2, -0.15) is 0 Å². The molecule has 0 heterocycles. The maximum atomic E-state index is 12.2. The van der Waals surface area contributed by atoms with E-state index in [0.717, 1.165) is 36.2 Å². The molecule has 1 aliphatic rings. The first-order chi connectivity index (χ1) is 9.12. The zero-order valence-electron chi connectivity index (χ0n) is 12.3. The van der Waals surface area contributed by atoms with Crippen molar-refractivity contribution in [3.8, 4) is 0 Å². The van der Waals surface area contributed by atoms with Gasteiger partial charge < -0.3 is 4.74 Å². The molecule has 1 aromatic carbocycles. The number of allylic oxidation sites excluding steroid dienone is 2. The van der Waals surface area contributed by atoms with E-state index in [-0.39, 0.29) is 5.78 Å². The summed E-state index contributed by atoms with van der Waals surface area (Å²) in [6, 6.07) is 4.39. The Kier molecular flexibility index (Phi) is 4.08. The van der Waals surface area contributed by atoms with Crippen molar-refractivity contribution in [2.75, 3.05) is 7.11 Å². The summed E-state index contributed by atoms with van der Waals surface area (Å²) in [5, 5.41) is 0. The van der Waals surface area contributed by atoms with E-state index in [1.54, 1.807) is 7.11 Å². The maximum absolute atomic E-state index is 12.2. The summed E-state index contributed by atoms with van der Waals surface area (Å²) in [7, 11) is 1.67. The lowest BCUT2D eigenvalue weighted by molar-refractivity contribution is -0.113. The molecule has 19 heavy (non-hydrogen) atoms. The average Bonchev–Trinajstić information content (AvgIpc) is 2.78. The Balaban J connectivity index is 2.70. The molecule has 0 atom stereocenters. The van der Waals surface area contributed by atoms with Crippen molar-refractivity contribution in [1.82, 2.24) is 0 Å². The van der Waals surface area contributed by atoms with E-state index in [0.29, 0.717) is 6.42 Å². The van der Waals surface area contributed by atoms with Crippen LogP contribution < -0.4 is 0 Å². The van der Waals surface area contributed by atoms with Crippen LogP contribution in [0, 0.1) is 6.92 Å². The van der Waals surface area contributed by atoms with Crippen LogP contribution in [0.5, 0.6) is 0 Å². The third-order valence-electron chi connectivity index (χ3n) is 3.84. The predicted molar refractivity (Wildman–Crippen MR) is 78.1 cm³/mol. The summed E-state index contributed by atoms with van der Waals surface area (Å²) in [5.41, 5.74) is 5.75. The molecular formula is C17H22O2. The van der Waals surface area contributed by atoms with Crippen molar-refractivity contribution in [2.45, 2.75) is 46.5 Å². The third kappa shape index (κ3) is 2.44. The Labute approximate surface area is 115 Å². The molecule has 0 fully saturated rings. The number of carbonyl (C=O) groups is 1. The number of benzene rings is 1. The molecular weight excluding hydrogens is 236 g/mol. The van der Waals surface area contributed by atoms with Crippen LogP contribution in [0.15, 0.2) is 17.9 Å². The van der Waals surface area contributed by atoms with Crippen LogP contribution in [0.4, 0.5) is 0 Å². The summed E-state index contributed by atoms with van der Waals surface area (Å²) in [6.07, 6.45) is 3.21. The second-order valence-electron chi connectivity index (χ2n) is 5.09. The predicted octanol–water partition coefficient (Wildman–Crippen LogP) is 3.84. The van der Waals surface area contributed by atoms with Crippen LogP contribution >= 0.6 is 0 Å². The van der Waals surface area contributed by atoms with Crippen LogP contribution in [-0.2, 0) is 22.4 Å². The number of methoxy groups -OCH3 is 1. The standard InChI is InChI=1S/C17H22O2/c1-5-12-9-11(3)10-13(6-2)16(12)17-14(18)7-8-15(17)19-4/h9-10H,5-8H2,1-4H3. The molecule has 0 aliphatic heterocycles. The van der Waals surface area contributed by atoms with Gasteiger partial charge in [-0.05, 0) is 36.5 Å². The second kappa shape index (κ2) is 5.60. The number of ketones is 1. The van der Waals surface area contributed by atoms with E-state index in [4.69, 9.17) is 4.74 Å². The van der Waals surface area contributed by atoms with Crippen LogP contribution in [0.25, 0.3) is 5.57 Å². The molecule has 0 aromatic heterocycles. The highest BCUT2D eigenvalue weighted by Crippen LogP contribution is 2.36. The minimum absolute atomic E-state index is 0.227. The zero-order valence-corrected chi connectivity index (χ0v) is 12.3. The van der Waals surface area contributed by atoms with Crippen molar-refractivity contribution in [1.29, 1.82) is 0 Å². The minimum atomic E-state index is 0.227. The Bertz CT molecular complexity index is 513. The SMILES string of the molecule is CCc1cc(C)cc(CC)c1C1=C(OC)CCC1=O. The van der Waals surface area contributed by atoms with Crippen molar-refractivity contribution in [3.63, 3.8) is 0 Å². The normalized spacial score (nSPS) is 15.3. The molecule has 2 heteroatoms. The monoisotopic (exact) mass is 258 g/mol. The van der Waals surface area contributed by atoms with Crippen molar-refractivity contribution >= 4 is 11.4 Å². The number of rotatable bonds is 4. The molecule has 1 aromatic rings. The Morgan fingerprint density at radius 2 is 1.68 bits per heavy atom. The maximum Gasteiger partial charge on any atom is 0.167 e. The smallest absolute Gasteiger partial charge is 0.167 e. The molecule has 2 nitrogen and oxygen atoms in total. The van der Waals surface area contributed by atoms with E-state index < -0.39 is 0 Å². The molecule has 0 N–H and O–H groups in total. The molecule has 0 spiro atoms. The molecule has 0 unspecified atom stereocenters. The van der Waals surface area contributed by atoms with E-state index in [9.17, 15) is 4.79 Å². The third-order valence-corrected chi connectivity index (χ3v) is 3.84. The van der Waals surface area contributed by atoms with E-state index in [1.165, 1.54) is 16.7 Å². The first kappa shape index (κ1) is 13.9. The molecule has 2 rings (SSSR count). The van der Waals surface area contributed by atoms with Gasteiger partial charge in [0.2, 0.25) is 0 Å². The van der Waals surface area contributed by atoms with Crippen LogP contribution in [0.1, 0.15) is 48.9 Å². The second-order valence-corrected chi connectivity index (χ2v) is 5.09. The number of hydrogen-bond acceptors (Lipinski definition) is 2. The lowest BCUT2D eigenvalue weighted by Gasteiger charge is -2.16. The number of aryl methyl sites for hydroxylation is 3. The van der Waals surface area contributed by atoms with Gasteiger partial charge in [-0.25, -0.2) is 0 Å². The first-order valence-corrected chi connectivity index (χ1v) is 7.05. The average molecular weight is 258 g/mol. The highest BCUT2D eigenvalue weighted by Gasteiger charge is 2.28. The molecule has 0 bridgehead atoms. The van der Waals surface area contributed by atoms with Gasteiger partial charge in [-0.3, -0.25) is 4.79 Å². The van der Waals surface area contributed by atoms with Gasteiger partial charge in [0.25, 0.3) is 0 Å². The lowest BCUT2D eigenvalue weighted by Crippen LogP contribution is -2.05. The minimum Gasteiger partial charge on any atom is -0.500 e. The van der Waals surface area contributed by atoms with Gasteiger partial charge >= 0.3 is 0 Å². The molecule has 0 radical (unpaired) electrons. The molecule has 0 saturated heterocycles. The van der Waals surface area contributed by atoms with E-state index >= 15 is 0 Å². The van der Waals surface area contributed by atoms with E-state index in [2.05, 4.69) is 32.9 Å².